The van der Waals surface area contributed by atoms with Crippen LogP contribution in [-0.2, 0) is 37.8 Å². The number of rotatable bonds is 10. The highest BCUT2D eigenvalue weighted by Crippen LogP contribution is 2.65. The molecule has 3 aliphatic carbocycles. The molecule has 11 nitrogen and oxygen atoms in total. The molecule has 1 saturated heterocycles. The van der Waals surface area contributed by atoms with Crippen LogP contribution >= 0.6 is 0 Å². The van der Waals surface area contributed by atoms with Gasteiger partial charge in [0.1, 0.15) is 30.0 Å². The fraction of sp³-hybridized carbons (Fsp3) is 0.684. The van der Waals surface area contributed by atoms with Crippen LogP contribution in [0.5, 0.6) is 0 Å². The first-order chi connectivity index (χ1) is 23.4. The number of ether oxygens (including phenoxy) is 4. The predicted octanol–water partition coefficient (Wildman–Crippen LogP) is 5.07. The van der Waals surface area contributed by atoms with Crippen LogP contribution in [0.1, 0.15) is 91.9 Å². The number of carbonyl (C=O) groups excluding carboxylic acids is 4. The third-order valence-electron chi connectivity index (χ3n) is 12.8. The zero-order valence-corrected chi connectivity index (χ0v) is 31.9. The monoisotopic (exact) mass is 714 g/mol. The maximum atomic E-state index is 15.9. The number of hydrogen-bond acceptors (Lipinski definition) is 11. The molecule has 50 heavy (non-hydrogen) atoms. The Morgan fingerprint density at radius 1 is 1.00 bits per heavy atom. The summed E-state index contributed by atoms with van der Waals surface area (Å²) < 4.78 is 31.9. The molecule has 0 unspecified atom stereocenters. The highest BCUT2D eigenvalue weighted by atomic mass is 28.4. The predicted molar refractivity (Wildman–Crippen MR) is 185 cm³/mol. The molecule has 276 valence electrons. The van der Waals surface area contributed by atoms with Crippen molar-refractivity contribution in [3.05, 3.63) is 47.0 Å². The van der Waals surface area contributed by atoms with Crippen LogP contribution in [0.15, 0.2) is 41.5 Å². The van der Waals surface area contributed by atoms with Gasteiger partial charge in [0.2, 0.25) is 0 Å². The Morgan fingerprint density at radius 2 is 1.62 bits per heavy atom. The van der Waals surface area contributed by atoms with Gasteiger partial charge in [-0.1, -0.05) is 59.7 Å². The van der Waals surface area contributed by atoms with Crippen LogP contribution < -0.4 is 0 Å². The van der Waals surface area contributed by atoms with Crippen molar-refractivity contribution in [1.29, 1.82) is 0 Å². The molecule has 5 rings (SSSR count). The molecule has 0 amide bonds. The van der Waals surface area contributed by atoms with E-state index in [0.717, 1.165) is 0 Å². The number of esters is 3. The van der Waals surface area contributed by atoms with Crippen molar-refractivity contribution in [2.24, 2.45) is 16.7 Å². The van der Waals surface area contributed by atoms with Gasteiger partial charge in [0, 0.05) is 31.6 Å². The van der Waals surface area contributed by atoms with E-state index >= 15 is 4.79 Å². The van der Waals surface area contributed by atoms with Crippen LogP contribution in [-0.4, -0.2) is 90.6 Å². The largest absolute Gasteiger partial charge is 0.461 e. The lowest BCUT2D eigenvalue weighted by Crippen LogP contribution is -2.82. The smallest absolute Gasteiger partial charge is 0.338 e. The van der Waals surface area contributed by atoms with Gasteiger partial charge < -0.3 is 33.6 Å². The van der Waals surface area contributed by atoms with Crippen LogP contribution in [0.3, 0.4) is 0 Å². The van der Waals surface area contributed by atoms with E-state index in [2.05, 4.69) is 0 Å². The second kappa shape index (κ2) is 13.6. The van der Waals surface area contributed by atoms with Crippen LogP contribution in [0.25, 0.3) is 0 Å². The van der Waals surface area contributed by atoms with Gasteiger partial charge in [-0.25, -0.2) is 4.79 Å². The van der Waals surface area contributed by atoms with Gasteiger partial charge in [-0.05, 0) is 55.3 Å². The molecule has 3 fully saturated rings. The number of aliphatic hydroxyl groups is 2. The minimum absolute atomic E-state index is 0.0181. The number of ketones is 1. The summed E-state index contributed by atoms with van der Waals surface area (Å²) >= 11 is 0. The van der Waals surface area contributed by atoms with Gasteiger partial charge in [0.15, 0.2) is 19.7 Å². The van der Waals surface area contributed by atoms with Crippen LogP contribution in [0, 0.1) is 16.7 Å². The fourth-order valence-corrected chi connectivity index (χ4v) is 12.1. The van der Waals surface area contributed by atoms with Crippen molar-refractivity contribution in [1.82, 2.24) is 0 Å². The van der Waals surface area contributed by atoms with Gasteiger partial charge in [-0.3, -0.25) is 14.4 Å². The van der Waals surface area contributed by atoms with E-state index in [1.807, 2.05) is 20.8 Å². The number of hydrogen-bond donors (Lipinski definition) is 2. The number of carbonyl (C=O) groups is 4. The van der Waals surface area contributed by atoms with E-state index in [1.54, 1.807) is 65.0 Å². The molecule has 1 aromatic rings. The van der Waals surface area contributed by atoms with Crippen molar-refractivity contribution in [2.45, 2.75) is 141 Å². The summed E-state index contributed by atoms with van der Waals surface area (Å²) in [5, 5.41) is 25.1. The van der Waals surface area contributed by atoms with E-state index in [4.69, 9.17) is 23.4 Å². The van der Waals surface area contributed by atoms with Crippen molar-refractivity contribution < 1.29 is 52.8 Å². The minimum atomic E-state index is -2.60. The highest BCUT2D eigenvalue weighted by molar-refractivity contribution is 6.73. The van der Waals surface area contributed by atoms with Gasteiger partial charge in [0.25, 0.3) is 0 Å². The van der Waals surface area contributed by atoms with E-state index in [9.17, 15) is 24.6 Å². The molecule has 0 aromatic heterocycles. The van der Waals surface area contributed by atoms with Gasteiger partial charge in [-0.15, -0.1) is 0 Å². The maximum absolute atomic E-state index is 15.9. The Labute approximate surface area is 296 Å². The lowest BCUT2D eigenvalue weighted by molar-refractivity contribution is -0.346. The summed E-state index contributed by atoms with van der Waals surface area (Å²) in [5.74, 6) is -3.71. The molecule has 0 radical (unpaired) electrons. The number of aliphatic hydroxyl groups excluding tert-OH is 1. The molecule has 1 aromatic carbocycles. The first-order valence-corrected chi connectivity index (χ1v) is 20.6. The lowest BCUT2D eigenvalue weighted by atomic mass is 9.44. The molecule has 1 heterocycles. The van der Waals surface area contributed by atoms with E-state index < -0.39 is 90.5 Å². The van der Waals surface area contributed by atoms with Crippen molar-refractivity contribution in [2.75, 3.05) is 6.61 Å². The fourth-order valence-electron chi connectivity index (χ4n) is 9.38. The van der Waals surface area contributed by atoms with Crippen molar-refractivity contribution >= 4 is 32.0 Å². The molecule has 9 atom stereocenters. The third kappa shape index (κ3) is 5.69. The third-order valence-corrected chi connectivity index (χ3v) is 17.4. The molecule has 0 spiro atoms. The Balaban J connectivity index is 1.89. The number of benzene rings is 1. The van der Waals surface area contributed by atoms with E-state index in [1.165, 1.54) is 6.92 Å². The van der Waals surface area contributed by atoms with Crippen molar-refractivity contribution in [3.63, 3.8) is 0 Å². The standard InChI is InChI=1S/C38H54O11Si/c1-10-28(41)46-26-19-27-37(21-45-27,48-23(6)39)31-33(47-34(43)24-17-15-14-16-18-24)38(44)20-25(40)22(5)29(35(38,7)8)30(32(42)36(26,31)9)49-50(11-2,12-3)13-4/h14-18,25-27,30-31,33,40,44H,10-13,19-21H2,1-9H3/t25-,26-,27+,30+,31-,33-,36+,37-,38+/m0/s1. The molecule has 2 bridgehead atoms. The van der Waals surface area contributed by atoms with Crippen LogP contribution in [0.4, 0.5) is 0 Å². The first-order valence-electron chi connectivity index (χ1n) is 18.0. The number of fused-ring (bicyclic) bond motifs is 5. The highest BCUT2D eigenvalue weighted by Gasteiger charge is 2.79. The SMILES string of the molecule is CCC(=O)O[C@H]1C[C@H]2OC[C@@]2(OC(C)=O)[C@H]2[C@H](OC(=O)c3ccccc3)[C@]3(O)C[C@H](O)C(C)=C([C@@H](O[Si](CC)(CC)CC)C(=O)[C@]12C)C3(C)C. The Kier molecular flexibility index (Phi) is 10.4. The van der Waals surface area contributed by atoms with E-state index in [-0.39, 0.29) is 31.4 Å². The zero-order chi connectivity index (χ0) is 37.0. The summed E-state index contributed by atoms with van der Waals surface area (Å²) in [6, 6.07) is 10.4. The van der Waals surface area contributed by atoms with Gasteiger partial charge >= 0.3 is 17.9 Å². The second-order valence-electron chi connectivity index (χ2n) is 15.3. The number of Topliss-reactive ketones (excluding diaryl/α,β-unsaturated/α-hetero) is 1. The quantitative estimate of drug-likeness (QED) is 0.144. The Morgan fingerprint density at radius 3 is 2.14 bits per heavy atom. The summed E-state index contributed by atoms with van der Waals surface area (Å²) in [5.41, 5.74) is -5.54. The second-order valence-corrected chi connectivity index (χ2v) is 20.1. The van der Waals surface area contributed by atoms with Gasteiger partial charge in [-0.2, -0.15) is 0 Å². The Bertz CT molecular complexity index is 1530. The lowest BCUT2D eigenvalue weighted by Gasteiger charge is -2.68. The molecule has 12 heteroatoms. The average Bonchev–Trinajstić information content (AvgIpc) is 3.08. The topological polar surface area (TPSA) is 155 Å². The Hall–Kier alpha value is -2.90. The maximum Gasteiger partial charge on any atom is 0.338 e. The molecule has 2 saturated carbocycles. The van der Waals surface area contributed by atoms with E-state index in [0.29, 0.717) is 29.3 Å². The summed E-state index contributed by atoms with van der Waals surface area (Å²) in [7, 11) is -2.60. The molecule has 4 aliphatic rings. The molecular formula is C38H54O11Si. The summed E-state index contributed by atoms with van der Waals surface area (Å²) in [6.45, 7) is 15.9. The summed E-state index contributed by atoms with van der Waals surface area (Å²) in [6.07, 6.45) is -6.20. The van der Waals surface area contributed by atoms with Crippen LogP contribution in [0.2, 0.25) is 18.1 Å². The molecule has 2 N–H and O–H groups in total. The normalized spacial score (nSPS) is 36.2. The average molecular weight is 715 g/mol. The first kappa shape index (κ1) is 38.3. The minimum Gasteiger partial charge on any atom is -0.461 e. The summed E-state index contributed by atoms with van der Waals surface area (Å²) in [4.78, 5) is 56.1. The van der Waals surface area contributed by atoms with Gasteiger partial charge in [0.05, 0.1) is 29.6 Å². The molecular weight excluding hydrogens is 660 g/mol. The molecule has 1 aliphatic heterocycles. The van der Waals surface area contributed by atoms with Crippen molar-refractivity contribution in [3.8, 4) is 0 Å². The zero-order valence-electron chi connectivity index (χ0n) is 30.9.